The summed E-state index contributed by atoms with van der Waals surface area (Å²) in [7, 11) is 0. The van der Waals surface area contributed by atoms with Gasteiger partial charge in [-0.05, 0) is 0 Å². The molecule has 3 N–H and O–H groups in total. The van der Waals surface area contributed by atoms with Gasteiger partial charge in [-0.3, -0.25) is 11.3 Å². The zero-order valence-corrected chi connectivity index (χ0v) is 3.82. The first-order chi connectivity index (χ1) is 3.27. The van der Waals surface area contributed by atoms with Crippen LogP contribution in [-0.4, -0.2) is 13.0 Å². The molecule has 2 nitrogen and oxygen atoms in total. The van der Waals surface area contributed by atoms with Gasteiger partial charge in [-0.25, -0.2) is 8.78 Å². The molecule has 4 heteroatoms. The number of nitrogens with one attached hydrogen (secondary N) is 1. The summed E-state index contributed by atoms with van der Waals surface area (Å²) in [6.07, 6.45) is -2.41. The molecule has 0 radical (unpaired) electrons. The van der Waals surface area contributed by atoms with Gasteiger partial charge in [0.25, 0.3) is 0 Å². The number of rotatable bonds is 3. The van der Waals surface area contributed by atoms with Gasteiger partial charge in [-0.1, -0.05) is 0 Å². The van der Waals surface area contributed by atoms with Crippen molar-refractivity contribution in [1.82, 2.24) is 5.43 Å². The second kappa shape index (κ2) is 3.95. The molecule has 0 aliphatic carbocycles. The van der Waals surface area contributed by atoms with Gasteiger partial charge in [-0.15, -0.1) is 0 Å². The Bertz CT molecular complexity index is 39.9. The highest BCUT2D eigenvalue weighted by Gasteiger charge is 1.97. The van der Waals surface area contributed by atoms with Gasteiger partial charge in [-0.2, -0.15) is 0 Å². The Balaban J connectivity index is 2.68. The first kappa shape index (κ1) is 6.78. The molecule has 0 amide bonds. The number of hydrogen-bond acceptors (Lipinski definition) is 2. The van der Waals surface area contributed by atoms with Crippen molar-refractivity contribution in [3.05, 3.63) is 0 Å². The lowest BCUT2D eigenvalue weighted by Crippen LogP contribution is -2.24. The van der Waals surface area contributed by atoms with Gasteiger partial charge in [0.15, 0.2) is 0 Å². The topological polar surface area (TPSA) is 38.0 Å². The fourth-order valence-electron chi connectivity index (χ4n) is 0.192. The highest BCUT2D eigenvalue weighted by Crippen LogP contribution is 1.94. The van der Waals surface area contributed by atoms with Gasteiger partial charge in [0.1, 0.15) is 0 Å². The van der Waals surface area contributed by atoms with Gasteiger partial charge in [0.05, 0.1) is 0 Å². The van der Waals surface area contributed by atoms with Gasteiger partial charge in [0, 0.05) is 13.0 Å². The SMILES string of the molecule is NNCCC(F)F. The lowest BCUT2D eigenvalue weighted by molar-refractivity contribution is 0.137. The normalized spacial score (nSPS) is 10.3. The monoisotopic (exact) mass is 110 g/mol. The molecule has 0 bridgehead atoms. The first-order valence-corrected chi connectivity index (χ1v) is 1.99. The minimum Gasteiger partial charge on any atom is -0.271 e. The molecule has 0 saturated carbocycles. The highest BCUT2D eigenvalue weighted by molar-refractivity contribution is 4.39. The molecule has 44 valence electrons. The number of hydrogen-bond donors (Lipinski definition) is 2. The molecule has 0 aromatic heterocycles. The van der Waals surface area contributed by atoms with Crippen molar-refractivity contribution in [3.63, 3.8) is 0 Å². The third-order valence-electron chi connectivity index (χ3n) is 0.507. The van der Waals surface area contributed by atoms with E-state index in [-0.39, 0.29) is 13.0 Å². The predicted octanol–water partition coefficient (Wildman–Crippen LogP) is 0.105. The van der Waals surface area contributed by atoms with E-state index >= 15 is 0 Å². The summed E-state index contributed by atoms with van der Waals surface area (Å²) in [5.74, 6) is 4.69. The van der Waals surface area contributed by atoms with E-state index < -0.39 is 6.43 Å². The van der Waals surface area contributed by atoms with E-state index in [4.69, 9.17) is 5.84 Å². The van der Waals surface area contributed by atoms with E-state index in [0.29, 0.717) is 0 Å². The van der Waals surface area contributed by atoms with E-state index in [1.54, 1.807) is 0 Å². The summed E-state index contributed by atoms with van der Waals surface area (Å²) in [5, 5.41) is 0. The standard InChI is InChI=1S/C3H8F2N2/c4-3(5)1-2-7-6/h3,7H,1-2,6H2. The number of halogens is 2. The summed E-state index contributed by atoms with van der Waals surface area (Å²) in [5.41, 5.74) is 2.12. The minimum atomic E-state index is -2.24. The molecule has 0 heterocycles. The molecule has 0 aliphatic rings. The zero-order valence-electron chi connectivity index (χ0n) is 3.82. The number of hydrazine groups is 1. The molecular weight excluding hydrogens is 102 g/mol. The van der Waals surface area contributed by atoms with Crippen LogP contribution in [0.1, 0.15) is 6.42 Å². The van der Waals surface area contributed by atoms with Gasteiger partial charge < -0.3 is 0 Å². The summed E-state index contributed by atoms with van der Waals surface area (Å²) in [4.78, 5) is 0. The van der Waals surface area contributed by atoms with E-state index in [1.165, 1.54) is 0 Å². The average molecular weight is 110 g/mol. The lowest BCUT2D eigenvalue weighted by atomic mass is 10.5. The molecule has 7 heavy (non-hydrogen) atoms. The molecule has 0 aromatic carbocycles. The van der Waals surface area contributed by atoms with Crippen LogP contribution in [0.5, 0.6) is 0 Å². The van der Waals surface area contributed by atoms with Crippen LogP contribution >= 0.6 is 0 Å². The predicted molar refractivity (Wildman–Crippen MR) is 22.8 cm³/mol. The van der Waals surface area contributed by atoms with Gasteiger partial charge in [0.2, 0.25) is 6.43 Å². The van der Waals surface area contributed by atoms with Crippen molar-refractivity contribution in [1.29, 1.82) is 0 Å². The van der Waals surface area contributed by atoms with E-state index in [2.05, 4.69) is 5.43 Å². The summed E-state index contributed by atoms with van der Waals surface area (Å²) >= 11 is 0. The van der Waals surface area contributed by atoms with E-state index in [9.17, 15) is 8.78 Å². The van der Waals surface area contributed by atoms with Crippen LogP contribution in [0.4, 0.5) is 8.78 Å². The first-order valence-electron chi connectivity index (χ1n) is 1.99. The zero-order chi connectivity index (χ0) is 5.70. The van der Waals surface area contributed by atoms with Crippen LogP contribution in [-0.2, 0) is 0 Å². The van der Waals surface area contributed by atoms with Crippen molar-refractivity contribution in [2.24, 2.45) is 5.84 Å². The Morgan fingerprint density at radius 2 is 2.14 bits per heavy atom. The Morgan fingerprint density at radius 3 is 2.29 bits per heavy atom. The fraction of sp³-hybridized carbons (Fsp3) is 1.00. The maximum atomic E-state index is 11.1. The summed E-state index contributed by atoms with van der Waals surface area (Å²) in [6, 6.07) is 0. The van der Waals surface area contributed by atoms with Crippen molar-refractivity contribution >= 4 is 0 Å². The molecular formula is C3H8F2N2. The molecule has 0 spiro atoms. The molecule has 0 aliphatic heterocycles. The Kier molecular flexibility index (Phi) is 3.83. The second-order valence-electron chi connectivity index (χ2n) is 1.13. The van der Waals surface area contributed by atoms with Crippen molar-refractivity contribution in [2.45, 2.75) is 12.8 Å². The quantitative estimate of drug-likeness (QED) is 0.399. The van der Waals surface area contributed by atoms with Crippen LogP contribution in [0, 0.1) is 0 Å². The number of nitrogens with two attached hydrogens (primary N) is 1. The maximum Gasteiger partial charge on any atom is 0.239 e. The number of alkyl halides is 2. The third-order valence-corrected chi connectivity index (χ3v) is 0.507. The van der Waals surface area contributed by atoms with Crippen molar-refractivity contribution < 1.29 is 8.78 Å². The summed E-state index contributed by atoms with van der Waals surface area (Å²) < 4.78 is 22.3. The van der Waals surface area contributed by atoms with Crippen LogP contribution in [0.3, 0.4) is 0 Å². The molecule has 0 rings (SSSR count). The molecule has 0 atom stereocenters. The molecule has 0 saturated heterocycles. The largest absolute Gasteiger partial charge is 0.271 e. The Hall–Kier alpha value is -0.220. The second-order valence-corrected chi connectivity index (χ2v) is 1.13. The fourth-order valence-corrected chi connectivity index (χ4v) is 0.192. The molecule has 0 fully saturated rings. The van der Waals surface area contributed by atoms with Crippen LogP contribution < -0.4 is 11.3 Å². The third kappa shape index (κ3) is 5.78. The smallest absolute Gasteiger partial charge is 0.239 e. The Morgan fingerprint density at radius 1 is 1.57 bits per heavy atom. The minimum absolute atomic E-state index is 0.170. The van der Waals surface area contributed by atoms with Crippen molar-refractivity contribution in [2.75, 3.05) is 6.54 Å². The molecule has 0 aromatic rings. The molecule has 0 unspecified atom stereocenters. The van der Waals surface area contributed by atoms with Crippen molar-refractivity contribution in [3.8, 4) is 0 Å². The van der Waals surface area contributed by atoms with Crippen LogP contribution in [0.15, 0.2) is 0 Å². The van der Waals surface area contributed by atoms with E-state index in [1.807, 2.05) is 0 Å². The van der Waals surface area contributed by atoms with Crippen LogP contribution in [0.2, 0.25) is 0 Å². The maximum absolute atomic E-state index is 11.1. The lowest BCUT2D eigenvalue weighted by Gasteiger charge is -1.94. The Labute approximate surface area is 40.7 Å². The van der Waals surface area contributed by atoms with Gasteiger partial charge >= 0.3 is 0 Å². The van der Waals surface area contributed by atoms with Crippen LogP contribution in [0.25, 0.3) is 0 Å². The summed E-state index contributed by atoms with van der Waals surface area (Å²) in [6.45, 7) is 0.178. The average Bonchev–Trinajstić information content (AvgIpc) is 1.61. The highest BCUT2D eigenvalue weighted by atomic mass is 19.3. The van der Waals surface area contributed by atoms with E-state index in [0.717, 1.165) is 0 Å².